The van der Waals surface area contributed by atoms with Gasteiger partial charge in [0.25, 0.3) is 0 Å². The van der Waals surface area contributed by atoms with E-state index in [-0.39, 0.29) is 17.8 Å². The van der Waals surface area contributed by atoms with Crippen LogP contribution in [0.25, 0.3) is 0 Å². The van der Waals surface area contributed by atoms with E-state index < -0.39 is 29.7 Å². The van der Waals surface area contributed by atoms with E-state index in [1.807, 2.05) is 19.9 Å². The van der Waals surface area contributed by atoms with Gasteiger partial charge in [0.2, 0.25) is 0 Å². The number of carbonyl (C=O) groups is 2. The SMILES string of the molecule is C=C1C(=O)OC2C1C(OC(=O)C(C)C)C=C(C)C1(O)CC=C(C)C21. The number of esters is 2. The Hall–Kier alpha value is -1.88. The third-order valence-corrected chi connectivity index (χ3v) is 5.51. The van der Waals surface area contributed by atoms with E-state index in [0.29, 0.717) is 12.0 Å². The third kappa shape index (κ3) is 2.34. The van der Waals surface area contributed by atoms with Crippen LogP contribution in [0.15, 0.2) is 35.5 Å². The molecule has 1 saturated heterocycles. The second-order valence-electron chi connectivity index (χ2n) is 7.38. The first-order valence-electron chi connectivity index (χ1n) is 8.35. The van der Waals surface area contributed by atoms with Gasteiger partial charge in [0, 0.05) is 5.57 Å². The van der Waals surface area contributed by atoms with Crippen LogP contribution in [0.5, 0.6) is 0 Å². The molecule has 2 aliphatic carbocycles. The minimum absolute atomic E-state index is 0.282. The first-order chi connectivity index (χ1) is 11.2. The highest BCUT2D eigenvalue weighted by atomic mass is 16.6. The van der Waals surface area contributed by atoms with Gasteiger partial charge in [-0.25, -0.2) is 4.79 Å². The summed E-state index contributed by atoms with van der Waals surface area (Å²) < 4.78 is 11.2. The standard InChI is InChI=1S/C19H24O5/c1-9(2)17(20)23-13-8-11(4)19(22)7-6-10(3)15(19)16-14(13)12(5)18(21)24-16/h6,8-9,13-16,22H,5,7H2,1-4H3. The highest BCUT2D eigenvalue weighted by molar-refractivity contribution is 5.91. The molecule has 5 unspecified atom stereocenters. The molecule has 0 aromatic rings. The molecule has 5 nitrogen and oxygen atoms in total. The summed E-state index contributed by atoms with van der Waals surface area (Å²) in [7, 11) is 0. The van der Waals surface area contributed by atoms with Crippen molar-refractivity contribution >= 4 is 11.9 Å². The molecule has 1 fully saturated rings. The molecule has 130 valence electrons. The van der Waals surface area contributed by atoms with Crippen molar-refractivity contribution in [3.8, 4) is 0 Å². The number of rotatable bonds is 2. The first kappa shape index (κ1) is 17.0. The summed E-state index contributed by atoms with van der Waals surface area (Å²) in [5, 5.41) is 11.2. The smallest absolute Gasteiger partial charge is 0.334 e. The zero-order valence-electron chi connectivity index (χ0n) is 14.5. The Labute approximate surface area is 142 Å². The van der Waals surface area contributed by atoms with E-state index in [9.17, 15) is 14.7 Å². The van der Waals surface area contributed by atoms with Crippen LogP contribution in [0.1, 0.15) is 34.1 Å². The van der Waals surface area contributed by atoms with Gasteiger partial charge in [0.1, 0.15) is 12.2 Å². The number of aliphatic hydroxyl groups is 1. The number of ether oxygens (including phenoxy) is 2. The Morgan fingerprint density at radius 1 is 1.46 bits per heavy atom. The van der Waals surface area contributed by atoms with E-state index in [2.05, 4.69) is 6.58 Å². The zero-order chi connectivity index (χ0) is 17.8. The molecule has 1 N–H and O–H groups in total. The second-order valence-corrected chi connectivity index (χ2v) is 7.38. The normalized spacial score (nSPS) is 38.1. The maximum atomic E-state index is 12.1. The van der Waals surface area contributed by atoms with E-state index in [0.717, 1.165) is 11.1 Å². The lowest BCUT2D eigenvalue weighted by Crippen LogP contribution is -2.44. The molecule has 0 amide bonds. The summed E-state index contributed by atoms with van der Waals surface area (Å²) in [6.45, 7) is 11.1. The highest BCUT2D eigenvalue weighted by Gasteiger charge is 2.58. The number of hydrogen-bond donors (Lipinski definition) is 1. The molecule has 0 spiro atoms. The van der Waals surface area contributed by atoms with Crippen molar-refractivity contribution in [3.05, 3.63) is 35.5 Å². The largest absolute Gasteiger partial charge is 0.457 e. The van der Waals surface area contributed by atoms with Gasteiger partial charge in [0.15, 0.2) is 0 Å². The molecule has 3 aliphatic rings. The molecule has 0 saturated carbocycles. The average Bonchev–Trinajstić information content (AvgIpc) is 2.93. The fraction of sp³-hybridized carbons (Fsp3) is 0.579. The Kier molecular flexibility index (Phi) is 3.95. The summed E-state index contributed by atoms with van der Waals surface area (Å²) >= 11 is 0. The monoisotopic (exact) mass is 332 g/mol. The molecule has 0 bridgehead atoms. The first-order valence-corrected chi connectivity index (χ1v) is 8.35. The summed E-state index contributed by atoms with van der Waals surface area (Å²) in [5.74, 6) is -1.93. The Morgan fingerprint density at radius 3 is 2.75 bits per heavy atom. The molecular weight excluding hydrogens is 308 g/mol. The van der Waals surface area contributed by atoms with E-state index in [1.54, 1.807) is 19.9 Å². The summed E-state index contributed by atoms with van der Waals surface area (Å²) in [6.07, 6.45) is 2.97. The zero-order valence-corrected chi connectivity index (χ0v) is 14.5. The van der Waals surface area contributed by atoms with E-state index in [1.165, 1.54) is 0 Å². The Balaban J connectivity index is 2.06. The fourth-order valence-corrected chi connectivity index (χ4v) is 4.02. The quantitative estimate of drug-likeness (QED) is 0.477. The molecule has 3 rings (SSSR count). The average molecular weight is 332 g/mol. The van der Waals surface area contributed by atoms with Crippen molar-refractivity contribution in [1.82, 2.24) is 0 Å². The van der Waals surface area contributed by atoms with Crippen molar-refractivity contribution in [2.45, 2.75) is 51.9 Å². The predicted molar refractivity (Wildman–Crippen MR) is 87.8 cm³/mol. The van der Waals surface area contributed by atoms with Crippen molar-refractivity contribution < 1.29 is 24.2 Å². The molecule has 5 atom stereocenters. The van der Waals surface area contributed by atoms with E-state index >= 15 is 0 Å². The predicted octanol–water partition coefficient (Wildman–Crippen LogP) is 2.31. The van der Waals surface area contributed by atoms with E-state index in [4.69, 9.17) is 9.47 Å². The van der Waals surface area contributed by atoms with Crippen molar-refractivity contribution in [2.75, 3.05) is 0 Å². The highest BCUT2D eigenvalue weighted by Crippen LogP contribution is 2.51. The molecular formula is C19H24O5. The van der Waals surface area contributed by atoms with Gasteiger partial charge >= 0.3 is 11.9 Å². The number of fused-ring (bicyclic) bond motifs is 3. The molecule has 1 aliphatic heterocycles. The minimum atomic E-state index is -1.11. The Morgan fingerprint density at radius 2 is 2.12 bits per heavy atom. The van der Waals surface area contributed by atoms with Gasteiger partial charge in [-0.15, -0.1) is 0 Å². The minimum Gasteiger partial charge on any atom is -0.457 e. The number of carbonyl (C=O) groups excluding carboxylic acids is 2. The van der Waals surface area contributed by atoms with Crippen LogP contribution in [-0.4, -0.2) is 34.9 Å². The summed E-state index contributed by atoms with van der Waals surface area (Å²) in [5.41, 5.74) is 0.908. The molecule has 24 heavy (non-hydrogen) atoms. The molecule has 0 aromatic carbocycles. The van der Waals surface area contributed by atoms with Crippen LogP contribution in [-0.2, 0) is 19.1 Å². The summed E-state index contributed by atoms with van der Waals surface area (Å²) in [6, 6.07) is 0. The Bertz CT molecular complexity index is 671. The molecule has 0 aromatic heterocycles. The molecule has 0 radical (unpaired) electrons. The van der Waals surface area contributed by atoms with Crippen LogP contribution in [0.2, 0.25) is 0 Å². The van der Waals surface area contributed by atoms with Crippen LogP contribution in [0, 0.1) is 17.8 Å². The molecule has 5 heteroatoms. The summed E-state index contributed by atoms with van der Waals surface area (Å²) in [4.78, 5) is 24.2. The van der Waals surface area contributed by atoms with Gasteiger partial charge in [-0.1, -0.05) is 32.1 Å². The lowest BCUT2D eigenvalue weighted by Gasteiger charge is -2.35. The van der Waals surface area contributed by atoms with Gasteiger partial charge < -0.3 is 14.6 Å². The number of hydrogen-bond acceptors (Lipinski definition) is 5. The molecule has 1 heterocycles. The maximum Gasteiger partial charge on any atom is 0.334 e. The topological polar surface area (TPSA) is 72.8 Å². The van der Waals surface area contributed by atoms with Crippen molar-refractivity contribution in [2.24, 2.45) is 17.8 Å². The van der Waals surface area contributed by atoms with Gasteiger partial charge in [0.05, 0.1) is 23.4 Å². The van der Waals surface area contributed by atoms with Gasteiger partial charge in [-0.3, -0.25) is 4.79 Å². The third-order valence-electron chi connectivity index (χ3n) is 5.51. The van der Waals surface area contributed by atoms with Gasteiger partial charge in [-0.2, -0.15) is 0 Å². The second kappa shape index (κ2) is 5.59. The van der Waals surface area contributed by atoms with Crippen molar-refractivity contribution in [3.63, 3.8) is 0 Å². The fourth-order valence-electron chi connectivity index (χ4n) is 4.02. The lowest BCUT2D eigenvalue weighted by atomic mass is 9.76. The van der Waals surface area contributed by atoms with Crippen molar-refractivity contribution in [1.29, 1.82) is 0 Å². The van der Waals surface area contributed by atoms with Gasteiger partial charge in [-0.05, 0) is 31.9 Å². The maximum absolute atomic E-state index is 12.1. The van der Waals surface area contributed by atoms with Crippen LogP contribution < -0.4 is 0 Å². The van der Waals surface area contributed by atoms with Crippen LogP contribution in [0.4, 0.5) is 0 Å². The van der Waals surface area contributed by atoms with Crippen LogP contribution in [0.3, 0.4) is 0 Å². The lowest BCUT2D eigenvalue weighted by molar-refractivity contribution is -0.154. The van der Waals surface area contributed by atoms with Crippen LogP contribution >= 0.6 is 0 Å².